The summed E-state index contributed by atoms with van der Waals surface area (Å²) in [7, 11) is 0. The maximum absolute atomic E-state index is 2.39. The van der Waals surface area contributed by atoms with Crippen molar-refractivity contribution in [3.63, 3.8) is 0 Å². The van der Waals surface area contributed by atoms with Crippen molar-refractivity contribution in [2.45, 2.75) is 18.9 Å². The van der Waals surface area contributed by atoms with Gasteiger partial charge in [-0.2, -0.15) is 0 Å². The summed E-state index contributed by atoms with van der Waals surface area (Å²) in [4.78, 5) is 0. The van der Waals surface area contributed by atoms with Gasteiger partial charge in [0.2, 0.25) is 0 Å². The Balaban J connectivity index is 2.05. The lowest BCUT2D eigenvalue weighted by Gasteiger charge is -2.13. The van der Waals surface area contributed by atoms with Crippen LogP contribution in [0.3, 0.4) is 0 Å². The molecule has 0 saturated carbocycles. The molecule has 4 rings (SSSR count). The average Bonchev–Trinajstić information content (AvgIpc) is 2.67. The van der Waals surface area contributed by atoms with Crippen LogP contribution in [0.15, 0.2) is 66.4 Å². The first-order chi connectivity index (χ1) is 8.92. The molecule has 1 aromatic carbocycles. The molecular weight excluding hydrogens is 218 g/mol. The molecule has 2 aromatic rings. The molecule has 1 atom stereocenters. The maximum atomic E-state index is 2.39. The summed E-state index contributed by atoms with van der Waals surface area (Å²) < 4.78 is 2.39. The Morgan fingerprint density at radius 2 is 2.06 bits per heavy atom. The monoisotopic (exact) mass is 233 g/mol. The summed E-state index contributed by atoms with van der Waals surface area (Å²) in [5, 5.41) is 1.36. The lowest BCUT2D eigenvalue weighted by molar-refractivity contribution is 0.759. The van der Waals surface area contributed by atoms with Crippen molar-refractivity contribution in [2.24, 2.45) is 0 Å². The fourth-order valence-corrected chi connectivity index (χ4v) is 3.14. The molecule has 0 radical (unpaired) electrons. The highest BCUT2D eigenvalue weighted by atomic mass is 15.0. The molecule has 0 spiro atoms. The molecule has 2 bridgehead atoms. The predicted molar refractivity (Wildman–Crippen MR) is 75.7 cm³/mol. The van der Waals surface area contributed by atoms with E-state index in [1.807, 2.05) is 0 Å². The molecule has 1 aliphatic heterocycles. The molecule has 0 saturated heterocycles. The van der Waals surface area contributed by atoms with Gasteiger partial charge < -0.3 is 4.57 Å². The molecule has 18 heavy (non-hydrogen) atoms. The van der Waals surface area contributed by atoms with E-state index in [0.29, 0.717) is 5.92 Å². The van der Waals surface area contributed by atoms with Crippen molar-refractivity contribution in [1.29, 1.82) is 0 Å². The highest BCUT2D eigenvalue weighted by Crippen LogP contribution is 2.36. The highest BCUT2D eigenvalue weighted by Gasteiger charge is 2.20. The summed E-state index contributed by atoms with van der Waals surface area (Å²) in [5.74, 6) is 0.515. The number of hydrogen-bond acceptors (Lipinski definition) is 0. The molecule has 0 unspecified atom stereocenters. The number of allylic oxidation sites excluding steroid dienone is 6. The number of nitrogens with zero attached hydrogens (tertiary/aromatic N) is 1. The van der Waals surface area contributed by atoms with Crippen molar-refractivity contribution in [1.82, 2.24) is 4.57 Å². The van der Waals surface area contributed by atoms with Gasteiger partial charge in [0.1, 0.15) is 0 Å². The van der Waals surface area contributed by atoms with Crippen LogP contribution in [0.4, 0.5) is 0 Å². The number of para-hydroxylation sites is 1. The molecule has 2 aliphatic rings. The van der Waals surface area contributed by atoms with E-state index >= 15 is 0 Å². The minimum Gasteiger partial charge on any atom is -0.343 e. The van der Waals surface area contributed by atoms with Gasteiger partial charge in [-0.1, -0.05) is 48.6 Å². The third-order valence-electron chi connectivity index (χ3n) is 3.97. The molecule has 1 aliphatic carbocycles. The summed E-state index contributed by atoms with van der Waals surface area (Å²) in [6.45, 7) is 1.02. The van der Waals surface area contributed by atoms with Crippen LogP contribution < -0.4 is 0 Å². The van der Waals surface area contributed by atoms with Crippen LogP contribution in [-0.2, 0) is 6.54 Å². The maximum Gasteiger partial charge on any atom is 0.0522 e. The smallest absolute Gasteiger partial charge is 0.0522 e. The Morgan fingerprint density at radius 1 is 1.06 bits per heavy atom. The summed E-state index contributed by atoms with van der Waals surface area (Å²) >= 11 is 0. The Hall–Kier alpha value is -2.02. The first-order valence-electron chi connectivity index (χ1n) is 6.52. The van der Waals surface area contributed by atoms with Crippen LogP contribution >= 0.6 is 0 Å². The predicted octanol–water partition coefficient (Wildman–Crippen LogP) is 4.18. The summed E-state index contributed by atoms with van der Waals surface area (Å²) in [6.07, 6.45) is 14.4. The zero-order chi connectivity index (χ0) is 11.9. The highest BCUT2D eigenvalue weighted by molar-refractivity contribution is 5.84. The van der Waals surface area contributed by atoms with Gasteiger partial charge in [-0.25, -0.2) is 0 Å². The SMILES string of the molecule is C1=CC=C2C[C@@H](C=C1)c1cccc3ccn(c13)C2. The average molecular weight is 233 g/mol. The lowest BCUT2D eigenvalue weighted by atomic mass is 9.90. The van der Waals surface area contributed by atoms with E-state index in [1.165, 1.54) is 22.0 Å². The van der Waals surface area contributed by atoms with E-state index in [-0.39, 0.29) is 0 Å². The van der Waals surface area contributed by atoms with Gasteiger partial charge in [0.05, 0.1) is 5.52 Å². The van der Waals surface area contributed by atoms with E-state index < -0.39 is 0 Å². The molecule has 0 amide bonds. The Morgan fingerprint density at radius 3 is 3.06 bits per heavy atom. The molecule has 2 heterocycles. The first-order valence-corrected chi connectivity index (χ1v) is 6.52. The zero-order valence-corrected chi connectivity index (χ0v) is 10.2. The molecule has 1 aromatic heterocycles. The van der Waals surface area contributed by atoms with Crippen molar-refractivity contribution in [3.8, 4) is 0 Å². The molecule has 0 N–H and O–H groups in total. The summed E-state index contributed by atoms with van der Waals surface area (Å²) in [5.41, 5.74) is 4.39. The van der Waals surface area contributed by atoms with Crippen LogP contribution in [-0.4, -0.2) is 4.57 Å². The van der Waals surface area contributed by atoms with Crippen molar-refractivity contribution >= 4 is 10.9 Å². The second-order valence-corrected chi connectivity index (χ2v) is 5.13. The van der Waals surface area contributed by atoms with Gasteiger partial charge >= 0.3 is 0 Å². The van der Waals surface area contributed by atoms with Gasteiger partial charge in [-0.15, -0.1) is 0 Å². The normalized spacial score (nSPS) is 21.3. The van der Waals surface area contributed by atoms with Crippen LogP contribution in [0.2, 0.25) is 0 Å². The third kappa shape index (κ3) is 1.40. The fraction of sp³-hybridized carbons (Fsp3) is 0.176. The molecule has 1 heteroatoms. The van der Waals surface area contributed by atoms with E-state index in [0.717, 1.165) is 13.0 Å². The number of fused-ring (bicyclic) bond motifs is 3. The van der Waals surface area contributed by atoms with E-state index in [1.54, 1.807) is 0 Å². The Bertz CT molecular complexity index is 697. The van der Waals surface area contributed by atoms with Crippen molar-refractivity contribution in [2.75, 3.05) is 0 Å². The topological polar surface area (TPSA) is 4.93 Å². The van der Waals surface area contributed by atoms with Crippen LogP contribution in [0.1, 0.15) is 17.9 Å². The molecule has 88 valence electrons. The minimum absolute atomic E-state index is 0.515. The van der Waals surface area contributed by atoms with E-state index in [2.05, 4.69) is 65.4 Å². The zero-order valence-electron chi connectivity index (χ0n) is 10.2. The minimum atomic E-state index is 0.515. The van der Waals surface area contributed by atoms with Gasteiger partial charge in [-0.3, -0.25) is 0 Å². The Kier molecular flexibility index (Phi) is 2.07. The van der Waals surface area contributed by atoms with Crippen LogP contribution in [0.25, 0.3) is 10.9 Å². The summed E-state index contributed by atoms with van der Waals surface area (Å²) in [6, 6.07) is 8.90. The second kappa shape index (κ2) is 3.74. The largest absolute Gasteiger partial charge is 0.343 e. The van der Waals surface area contributed by atoms with Gasteiger partial charge in [-0.05, 0) is 29.0 Å². The van der Waals surface area contributed by atoms with Gasteiger partial charge in [0.15, 0.2) is 0 Å². The first kappa shape index (κ1) is 9.95. The van der Waals surface area contributed by atoms with E-state index in [4.69, 9.17) is 0 Å². The standard InChI is InChI=1S/C17H15N/c1-2-5-13-11-15(6-3-1)16-8-4-7-14-9-10-18(12-13)17(14)16/h1-10,15H,11-12H2/t15-/m1/s1. The van der Waals surface area contributed by atoms with Gasteiger partial charge in [0, 0.05) is 18.7 Å². The molecular formula is C17H15N. The number of benzene rings is 1. The number of hydrogen-bond donors (Lipinski definition) is 0. The van der Waals surface area contributed by atoms with Crippen molar-refractivity contribution < 1.29 is 0 Å². The van der Waals surface area contributed by atoms with Crippen LogP contribution in [0, 0.1) is 0 Å². The van der Waals surface area contributed by atoms with Crippen LogP contribution in [0.5, 0.6) is 0 Å². The lowest BCUT2D eigenvalue weighted by Crippen LogP contribution is -1.98. The number of aromatic nitrogens is 1. The quantitative estimate of drug-likeness (QED) is 0.643. The third-order valence-corrected chi connectivity index (χ3v) is 3.97. The number of rotatable bonds is 0. The van der Waals surface area contributed by atoms with Crippen molar-refractivity contribution in [3.05, 3.63) is 72.0 Å². The molecule has 1 nitrogen and oxygen atoms in total. The van der Waals surface area contributed by atoms with E-state index in [9.17, 15) is 0 Å². The van der Waals surface area contributed by atoms with Gasteiger partial charge in [0.25, 0.3) is 0 Å². The fourth-order valence-electron chi connectivity index (χ4n) is 3.14. The Labute approximate surface area is 107 Å². The molecule has 0 fully saturated rings. The second-order valence-electron chi connectivity index (χ2n) is 5.13.